The topological polar surface area (TPSA) is 105 Å². The Kier molecular flexibility index (Phi) is 4.98. The number of carbonyl (C=O) groups is 1. The van der Waals surface area contributed by atoms with Gasteiger partial charge in [-0.25, -0.2) is 12.7 Å². The number of fused-ring (bicyclic) bond motifs is 1. The van der Waals surface area contributed by atoms with E-state index < -0.39 is 15.4 Å². The molecule has 8 nitrogen and oxygen atoms in total. The normalized spacial score (nSPS) is 27.1. The first-order chi connectivity index (χ1) is 13.7. The van der Waals surface area contributed by atoms with Crippen LogP contribution in [0.15, 0.2) is 28.8 Å². The molecule has 0 radical (unpaired) electrons. The van der Waals surface area contributed by atoms with E-state index in [4.69, 9.17) is 4.52 Å². The molecule has 29 heavy (non-hydrogen) atoms. The fourth-order valence-corrected chi connectivity index (χ4v) is 5.60. The van der Waals surface area contributed by atoms with Crippen molar-refractivity contribution in [3.63, 3.8) is 0 Å². The summed E-state index contributed by atoms with van der Waals surface area (Å²) >= 11 is 0. The molecule has 1 aliphatic carbocycles. The highest BCUT2D eigenvalue weighted by Gasteiger charge is 2.58. The minimum absolute atomic E-state index is 0.0294. The average Bonchev–Trinajstić information content (AvgIpc) is 3.29. The lowest BCUT2D eigenvalue weighted by molar-refractivity contribution is -0.121. The van der Waals surface area contributed by atoms with Crippen molar-refractivity contribution in [3.05, 3.63) is 47.1 Å². The Labute approximate surface area is 170 Å². The monoisotopic (exact) mass is 418 g/mol. The van der Waals surface area contributed by atoms with Crippen LogP contribution >= 0.6 is 0 Å². The molecule has 1 N–H and O–H groups in total. The van der Waals surface area contributed by atoms with Gasteiger partial charge in [0.2, 0.25) is 21.8 Å². The summed E-state index contributed by atoms with van der Waals surface area (Å²) in [5.74, 6) is 0.997. The molecule has 1 aliphatic heterocycles. The Balaban J connectivity index is 1.50. The Hall–Kier alpha value is -2.26. The second-order valence-corrected chi connectivity index (χ2v) is 10.4. The summed E-state index contributed by atoms with van der Waals surface area (Å²) in [4.78, 5) is 17.0. The van der Waals surface area contributed by atoms with Crippen LogP contribution in [0, 0.1) is 19.8 Å². The summed E-state index contributed by atoms with van der Waals surface area (Å²) < 4.78 is 31.2. The van der Waals surface area contributed by atoms with E-state index in [0.29, 0.717) is 44.1 Å². The van der Waals surface area contributed by atoms with Crippen LogP contribution in [-0.4, -0.2) is 54.2 Å². The van der Waals surface area contributed by atoms with E-state index in [1.54, 1.807) is 6.92 Å². The predicted molar refractivity (Wildman–Crippen MR) is 107 cm³/mol. The Morgan fingerprint density at radius 3 is 2.66 bits per heavy atom. The van der Waals surface area contributed by atoms with Gasteiger partial charge in [-0.2, -0.15) is 4.98 Å². The highest BCUT2D eigenvalue weighted by Crippen LogP contribution is 2.50. The second kappa shape index (κ2) is 7.21. The maximum atomic E-state index is 12.6. The maximum Gasteiger partial charge on any atom is 0.234 e. The number of aryl methyl sites for hydroxylation is 2. The number of sulfonamides is 1. The molecule has 0 spiro atoms. The van der Waals surface area contributed by atoms with Gasteiger partial charge in [-0.1, -0.05) is 35.0 Å². The molecule has 9 heteroatoms. The van der Waals surface area contributed by atoms with E-state index in [0.717, 1.165) is 11.1 Å². The molecule has 2 aliphatic rings. The highest BCUT2D eigenvalue weighted by molar-refractivity contribution is 7.88. The van der Waals surface area contributed by atoms with Gasteiger partial charge in [0.1, 0.15) is 0 Å². The Bertz CT molecular complexity index is 1020. The van der Waals surface area contributed by atoms with Crippen molar-refractivity contribution in [2.45, 2.75) is 44.6 Å². The Morgan fingerprint density at radius 2 is 2.03 bits per heavy atom. The van der Waals surface area contributed by atoms with E-state index in [1.165, 1.54) is 10.6 Å². The average molecular weight is 419 g/mol. The first-order valence-electron chi connectivity index (χ1n) is 9.76. The van der Waals surface area contributed by atoms with Crippen LogP contribution in [0.2, 0.25) is 0 Å². The van der Waals surface area contributed by atoms with Gasteiger partial charge in [0.25, 0.3) is 0 Å². The number of carbonyl (C=O) groups excluding carboxylic acids is 1. The number of amides is 1. The van der Waals surface area contributed by atoms with Crippen molar-refractivity contribution < 1.29 is 17.7 Å². The van der Waals surface area contributed by atoms with Crippen LogP contribution < -0.4 is 5.32 Å². The van der Waals surface area contributed by atoms with E-state index in [2.05, 4.69) is 15.5 Å². The molecule has 1 saturated heterocycles. The third-order valence-electron chi connectivity index (χ3n) is 6.12. The summed E-state index contributed by atoms with van der Waals surface area (Å²) in [6.45, 7) is 4.48. The number of rotatable bonds is 5. The van der Waals surface area contributed by atoms with Gasteiger partial charge in [0.05, 0.1) is 18.1 Å². The zero-order valence-corrected chi connectivity index (χ0v) is 17.7. The molecular weight excluding hydrogens is 392 g/mol. The molecule has 4 rings (SSSR count). The predicted octanol–water partition coefficient (Wildman–Crippen LogP) is 1.34. The second-order valence-electron chi connectivity index (χ2n) is 8.42. The fraction of sp³-hybridized carbons (Fsp3) is 0.550. The van der Waals surface area contributed by atoms with Gasteiger partial charge < -0.3 is 9.84 Å². The van der Waals surface area contributed by atoms with Crippen molar-refractivity contribution in [1.82, 2.24) is 19.8 Å². The summed E-state index contributed by atoms with van der Waals surface area (Å²) in [6.07, 6.45) is 2.82. The van der Waals surface area contributed by atoms with Crippen LogP contribution in [0.25, 0.3) is 0 Å². The van der Waals surface area contributed by atoms with Crippen LogP contribution in [-0.2, 0) is 26.7 Å². The molecule has 3 atom stereocenters. The highest BCUT2D eigenvalue weighted by atomic mass is 32.2. The first-order valence-corrected chi connectivity index (χ1v) is 11.6. The molecule has 156 valence electrons. The molecule has 2 fully saturated rings. The third kappa shape index (κ3) is 3.93. The Morgan fingerprint density at radius 1 is 1.31 bits per heavy atom. The van der Waals surface area contributed by atoms with Gasteiger partial charge >= 0.3 is 0 Å². The maximum absolute atomic E-state index is 12.6. The fourth-order valence-electron chi connectivity index (χ4n) is 4.69. The number of nitrogens with zero attached hydrogens (tertiary/aromatic N) is 3. The molecule has 1 amide bonds. The van der Waals surface area contributed by atoms with Gasteiger partial charge in [0, 0.05) is 19.1 Å². The number of nitrogens with one attached hydrogen (secondary N) is 1. The van der Waals surface area contributed by atoms with Gasteiger partial charge in [-0.3, -0.25) is 4.79 Å². The molecule has 1 aromatic heterocycles. The molecule has 2 aromatic rings. The number of hydrogen-bond acceptors (Lipinski definition) is 6. The standard InChI is InChI=1S/C20H26N4O4S/c1-13-4-6-15(7-5-13)8-18(25)22-17-9-16-11-24(29(3,26)27)12-20(16,10-17)19-21-14(2)23-28-19/h4-7,16-17H,8-12H2,1-3H3,(H,22,25)/t16?,17-,20+/m1/s1. The van der Waals surface area contributed by atoms with Gasteiger partial charge in [-0.05, 0) is 38.2 Å². The van der Waals surface area contributed by atoms with Crippen molar-refractivity contribution in [1.29, 1.82) is 0 Å². The third-order valence-corrected chi connectivity index (χ3v) is 7.33. The zero-order valence-electron chi connectivity index (χ0n) is 16.9. The smallest absolute Gasteiger partial charge is 0.234 e. The quantitative estimate of drug-likeness (QED) is 0.786. The van der Waals surface area contributed by atoms with Crippen molar-refractivity contribution in [2.75, 3.05) is 19.3 Å². The lowest BCUT2D eigenvalue weighted by Crippen LogP contribution is -2.39. The molecule has 1 aromatic carbocycles. The lowest BCUT2D eigenvalue weighted by Gasteiger charge is -2.24. The first kappa shape index (κ1) is 20.0. The number of benzene rings is 1. The van der Waals surface area contributed by atoms with Crippen LogP contribution in [0.4, 0.5) is 0 Å². The van der Waals surface area contributed by atoms with E-state index in [-0.39, 0.29) is 17.9 Å². The summed E-state index contributed by atoms with van der Waals surface area (Å²) in [5, 5.41) is 7.04. The largest absolute Gasteiger partial charge is 0.353 e. The summed E-state index contributed by atoms with van der Waals surface area (Å²) in [5.41, 5.74) is 1.58. The van der Waals surface area contributed by atoms with Crippen LogP contribution in [0.1, 0.15) is 35.7 Å². The molecule has 0 bridgehead atoms. The molecule has 1 unspecified atom stereocenters. The van der Waals surface area contributed by atoms with Crippen molar-refractivity contribution in [2.24, 2.45) is 5.92 Å². The number of aromatic nitrogens is 2. The number of hydrogen-bond donors (Lipinski definition) is 1. The molecular formula is C20H26N4O4S. The van der Waals surface area contributed by atoms with Crippen LogP contribution in [0.3, 0.4) is 0 Å². The lowest BCUT2D eigenvalue weighted by atomic mass is 9.80. The van der Waals surface area contributed by atoms with Crippen LogP contribution in [0.5, 0.6) is 0 Å². The summed E-state index contributed by atoms with van der Waals surface area (Å²) in [6, 6.07) is 7.87. The van der Waals surface area contributed by atoms with Crippen molar-refractivity contribution >= 4 is 15.9 Å². The van der Waals surface area contributed by atoms with E-state index >= 15 is 0 Å². The summed E-state index contributed by atoms with van der Waals surface area (Å²) in [7, 11) is -3.31. The molecule has 2 heterocycles. The zero-order chi connectivity index (χ0) is 20.8. The molecule has 1 saturated carbocycles. The van der Waals surface area contributed by atoms with E-state index in [1.807, 2.05) is 31.2 Å². The SMILES string of the molecule is Cc1ccc(CC(=O)N[C@@H]2CC3CN(S(C)(=O)=O)C[C@@]3(c3nc(C)no3)C2)cc1. The van der Waals surface area contributed by atoms with Gasteiger partial charge in [0.15, 0.2) is 5.82 Å². The minimum atomic E-state index is -3.31. The van der Waals surface area contributed by atoms with Gasteiger partial charge in [-0.15, -0.1) is 0 Å². The van der Waals surface area contributed by atoms with Crippen molar-refractivity contribution in [3.8, 4) is 0 Å². The van der Waals surface area contributed by atoms with E-state index in [9.17, 15) is 13.2 Å². The minimum Gasteiger partial charge on any atom is -0.353 e.